The van der Waals surface area contributed by atoms with E-state index in [0.717, 1.165) is 17.5 Å². The molecule has 47 heavy (non-hydrogen) atoms. The minimum atomic E-state index is -3.86. The fraction of sp³-hybridized carbons (Fsp3) is 0.576. The Morgan fingerprint density at radius 1 is 1.26 bits per heavy atom. The van der Waals surface area contributed by atoms with Crippen molar-refractivity contribution in [2.45, 2.75) is 100 Å². The molecule has 2 aliphatic carbocycles. The zero-order valence-electron chi connectivity index (χ0n) is 26.5. The van der Waals surface area contributed by atoms with Gasteiger partial charge in [-0.1, -0.05) is 55.7 Å². The first-order valence-electron chi connectivity index (χ1n) is 16.3. The number of cyclic esters (lactones) is 1. The van der Waals surface area contributed by atoms with Crippen LogP contribution >= 0.6 is 11.6 Å². The number of allylic oxidation sites excluding steroid dienone is 1. The number of amides is 4. The molecule has 4 aliphatic rings. The molecule has 0 radical (unpaired) electrons. The third-order valence-corrected chi connectivity index (χ3v) is 11.3. The molecule has 3 N–H and O–H groups in total. The minimum absolute atomic E-state index is 0.0492. The first-order valence-corrected chi connectivity index (χ1v) is 18.2. The summed E-state index contributed by atoms with van der Waals surface area (Å²) in [5.41, 5.74) is 0.156. The Hall–Kier alpha value is -3.42. The van der Waals surface area contributed by atoms with Crippen molar-refractivity contribution in [3.05, 3.63) is 53.1 Å². The number of nitrogens with one attached hydrogen (secondary N) is 3. The maximum absolute atomic E-state index is 14.1. The summed E-state index contributed by atoms with van der Waals surface area (Å²) in [5, 5.41) is 5.37. The number of fused-ring (bicyclic) bond motifs is 4. The quantitative estimate of drug-likeness (QED) is 0.332. The van der Waals surface area contributed by atoms with Crippen LogP contribution in [0.4, 0.5) is 4.79 Å². The van der Waals surface area contributed by atoms with Crippen molar-refractivity contribution < 1.29 is 37.1 Å². The molecule has 1 aromatic rings. The first kappa shape index (κ1) is 34.9. The van der Waals surface area contributed by atoms with Crippen LogP contribution in [0.2, 0.25) is 5.02 Å². The van der Waals surface area contributed by atoms with E-state index in [0.29, 0.717) is 43.5 Å². The molecule has 1 aromatic carbocycles. The number of alkyl carbamates (subject to hydrolysis) is 1. The van der Waals surface area contributed by atoms with E-state index in [4.69, 9.17) is 21.1 Å². The molecule has 3 fully saturated rings. The molecule has 2 saturated carbocycles. The largest absolute Gasteiger partial charge is 0.450 e. The summed E-state index contributed by atoms with van der Waals surface area (Å²) in [4.78, 5) is 55.5. The van der Waals surface area contributed by atoms with Crippen LogP contribution in [0.5, 0.6) is 0 Å². The topological polar surface area (TPSA) is 160 Å². The molecule has 256 valence electrons. The molecular weight excluding hydrogens is 648 g/mol. The van der Waals surface area contributed by atoms with Gasteiger partial charge in [0.1, 0.15) is 17.6 Å². The van der Waals surface area contributed by atoms with Crippen LogP contribution in [0.15, 0.2) is 36.9 Å². The monoisotopic (exact) mass is 690 g/mol. The van der Waals surface area contributed by atoms with Gasteiger partial charge in [0.25, 0.3) is 5.91 Å². The van der Waals surface area contributed by atoms with Gasteiger partial charge >= 0.3 is 6.09 Å². The summed E-state index contributed by atoms with van der Waals surface area (Å²) in [6, 6.07) is 3.56. The van der Waals surface area contributed by atoms with Crippen molar-refractivity contribution in [3.63, 3.8) is 0 Å². The van der Waals surface area contributed by atoms with E-state index in [1.165, 1.54) is 11.0 Å². The summed E-state index contributed by atoms with van der Waals surface area (Å²) in [5.74, 6) is -2.41. The number of halogens is 1. The number of unbranched alkanes of at least 4 members (excludes halogenated alkanes) is 1. The number of nitrogens with zero attached hydrogens (tertiary/aromatic N) is 1. The second-order valence-electron chi connectivity index (χ2n) is 12.7. The lowest BCUT2D eigenvalue weighted by atomic mass is 10.1. The van der Waals surface area contributed by atoms with Crippen LogP contribution < -0.4 is 15.4 Å². The van der Waals surface area contributed by atoms with E-state index in [9.17, 15) is 27.6 Å². The number of carbonyl (C=O) groups excluding carboxylic acids is 4. The summed E-state index contributed by atoms with van der Waals surface area (Å²) in [6.07, 6.45) is 8.37. The minimum Gasteiger partial charge on any atom is -0.450 e. The number of carbonyl (C=O) groups is 4. The smallest absolute Gasteiger partial charge is 0.407 e. The lowest BCUT2D eigenvalue weighted by molar-refractivity contribution is -0.141. The van der Waals surface area contributed by atoms with Crippen molar-refractivity contribution in [1.82, 2.24) is 20.3 Å². The van der Waals surface area contributed by atoms with E-state index in [2.05, 4.69) is 21.9 Å². The average Bonchev–Trinajstić information content (AvgIpc) is 3.96. The van der Waals surface area contributed by atoms with Gasteiger partial charge in [-0.3, -0.25) is 19.1 Å². The normalized spacial score (nSPS) is 29.0. The molecule has 1 unspecified atom stereocenters. The number of benzene rings is 1. The highest BCUT2D eigenvalue weighted by Gasteiger charge is 2.62. The highest BCUT2D eigenvalue weighted by atomic mass is 35.5. The SMILES string of the molecule is C=CC1C[C@]1(NC(=O)[C@@H]1C[C@@H]2CN1C(=O)[C@H](CCCC)NC(=O)OCCC/C=C/c1ccc(Cl)c(c1)CO2)C(=O)NS(=O)(=O)C1CC1. The van der Waals surface area contributed by atoms with Gasteiger partial charge in [-0.25, -0.2) is 13.2 Å². The van der Waals surface area contributed by atoms with Crippen LogP contribution in [0.3, 0.4) is 0 Å². The van der Waals surface area contributed by atoms with Gasteiger partial charge in [0.2, 0.25) is 21.8 Å². The van der Waals surface area contributed by atoms with E-state index >= 15 is 0 Å². The standard InChI is InChI=1S/C33H43ClN4O8S/c1-3-5-10-27-30(40)38-19-24(46-20-22-16-21(11-14-26(22)34)9-7-6-8-15-45-32(42)35-27)17-28(38)29(39)36-33(18-23(33)4-2)31(41)37-47(43,44)25-12-13-25/h4,7,9,11,14,16,23-25,27-28H,2-3,5-6,8,10,12-13,15,17-20H2,1H3,(H,35,42)(H,36,39)(H,37,41)/b9-7+/t23?,24-,27+,28+,33-/m1/s1. The average molecular weight is 691 g/mol. The van der Waals surface area contributed by atoms with Crippen molar-refractivity contribution in [2.24, 2.45) is 5.92 Å². The molecule has 0 spiro atoms. The van der Waals surface area contributed by atoms with Gasteiger partial charge in [0.05, 0.1) is 24.6 Å². The highest BCUT2D eigenvalue weighted by Crippen LogP contribution is 2.45. The fourth-order valence-electron chi connectivity index (χ4n) is 6.08. The molecule has 12 nitrogen and oxygen atoms in total. The Labute approximate surface area is 280 Å². The molecule has 5 atom stereocenters. The number of hydrogen-bond acceptors (Lipinski definition) is 8. The Bertz CT molecular complexity index is 1530. The predicted octanol–water partition coefficient (Wildman–Crippen LogP) is 3.59. The Balaban J connectivity index is 1.40. The lowest BCUT2D eigenvalue weighted by Crippen LogP contribution is -2.58. The van der Waals surface area contributed by atoms with E-state index in [1.54, 1.807) is 6.07 Å². The Morgan fingerprint density at radius 3 is 2.74 bits per heavy atom. The molecule has 4 bridgehead atoms. The van der Waals surface area contributed by atoms with Crippen LogP contribution in [0.1, 0.15) is 75.8 Å². The summed E-state index contributed by atoms with van der Waals surface area (Å²) in [6.45, 7) is 6.06. The molecular formula is C33H43ClN4O8S. The van der Waals surface area contributed by atoms with Gasteiger partial charge in [0, 0.05) is 23.9 Å². The molecule has 0 aromatic heterocycles. The van der Waals surface area contributed by atoms with Crippen molar-refractivity contribution in [3.8, 4) is 0 Å². The number of rotatable bonds is 9. The second-order valence-corrected chi connectivity index (χ2v) is 15.1. The molecule has 1 saturated heterocycles. The third-order valence-electron chi connectivity index (χ3n) is 9.14. The van der Waals surface area contributed by atoms with Crippen molar-refractivity contribution in [2.75, 3.05) is 13.2 Å². The van der Waals surface area contributed by atoms with Crippen LogP contribution in [0.25, 0.3) is 6.08 Å². The summed E-state index contributed by atoms with van der Waals surface area (Å²) in [7, 11) is -3.86. The van der Waals surface area contributed by atoms with Crippen molar-refractivity contribution >= 4 is 51.5 Å². The van der Waals surface area contributed by atoms with E-state index in [-0.39, 0.29) is 32.6 Å². The number of ether oxygens (including phenoxy) is 2. The second kappa shape index (κ2) is 14.8. The van der Waals surface area contributed by atoms with Gasteiger partial charge in [-0.05, 0) is 61.8 Å². The molecule has 14 heteroatoms. The van der Waals surface area contributed by atoms with Crippen LogP contribution in [0, 0.1) is 5.92 Å². The van der Waals surface area contributed by atoms with Crippen LogP contribution in [-0.2, 0) is 40.5 Å². The summed E-state index contributed by atoms with van der Waals surface area (Å²) < 4.78 is 38.9. The van der Waals surface area contributed by atoms with Gasteiger partial charge in [-0.15, -0.1) is 6.58 Å². The Kier molecular flexibility index (Phi) is 11.0. The van der Waals surface area contributed by atoms with Gasteiger partial charge < -0.3 is 25.0 Å². The van der Waals surface area contributed by atoms with Gasteiger partial charge in [-0.2, -0.15) is 0 Å². The first-order chi connectivity index (χ1) is 22.5. The van der Waals surface area contributed by atoms with E-state index < -0.39 is 68.7 Å². The maximum Gasteiger partial charge on any atom is 0.407 e. The van der Waals surface area contributed by atoms with E-state index in [1.807, 2.05) is 31.2 Å². The molecule has 5 rings (SSSR count). The lowest BCUT2D eigenvalue weighted by Gasteiger charge is -2.29. The highest BCUT2D eigenvalue weighted by molar-refractivity contribution is 7.91. The third kappa shape index (κ3) is 8.36. The number of sulfonamides is 1. The predicted molar refractivity (Wildman–Crippen MR) is 175 cm³/mol. The zero-order chi connectivity index (χ0) is 33.8. The van der Waals surface area contributed by atoms with Crippen LogP contribution in [-0.4, -0.2) is 79.3 Å². The van der Waals surface area contributed by atoms with Gasteiger partial charge in [0.15, 0.2) is 0 Å². The zero-order valence-corrected chi connectivity index (χ0v) is 28.1. The summed E-state index contributed by atoms with van der Waals surface area (Å²) >= 11 is 6.48. The molecule has 4 amide bonds. The van der Waals surface area contributed by atoms with Crippen molar-refractivity contribution in [1.29, 1.82) is 0 Å². The number of hydrogen-bond donors (Lipinski definition) is 3. The molecule has 2 heterocycles. The Morgan fingerprint density at radius 2 is 2.04 bits per heavy atom. The fourth-order valence-corrected chi connectivity index (χ4v) is 7.62. The maximum atomic E-state index is 14.1. The molecule has 2 aliphatic heterocycles.